The number of amides is 1. The van der Waals surface area contributed by atoms with E-state index in [1.54, 1.807) is 25.3 Å². The number of nitrogens with two attached hydrogens (primary N) is 1. The first kappa shape index (κ1) is 22.4. The molecule has 0 aliphatic heterocycles. The van der Waals surface area contributed by atoms with E-state index in [4.69, 9.17) is 5.73 Å². The van der Waals surface area contributed by atoms with Gasteiger partial charge in [-0.05, 0) is 68.1 Å². The number of hydrogen-bond donors (Lipinski definition) is 2. The largest absolute Gasteiger partial charge is 0.384 e. The average Bonchev–Trinajstić information content (AvgIpc) is 3.23. The molecule has 0 atom stereocenters. The number of halogens is 2. The van der Waals surface area contributed by atoms with Crippen LogP contribution in [0.25, 0.3) is 4.83 Å². The molecule has 1 aromatic carbocycles. The summed E-state index contributed by atoms with van der Waals surface area (Å²) in [7, 11) is 0. The van der Waals surface area contributed by atoms with Gasteiger partial charge < -0.3 is 11.1 Å². The van der Waals surface area contributed by atoms with Crippen LogP contribution in [0.15, 0.2) is 61.3 Å². The summed E-state index contributed by atoms with van der Waals surface area (Å²) >= 11 is 7.95. The van der Waals surface area contributed by atoms with Crippen molar-refractivity contribution in [2.24, 2.45) is 0 Å². The topological polar surface area (TPSA) is 111 Å². The third kappa shape index (κ3) is 4.41. The Bertz CT molecular complexity index is 1460. The van der Waals surface area contributed by atoms with E-state index in [-0.39, 0.29) is 24.6 Å². The highest BCUT2D eigenvalue weighted by Gasteiger charge is 2.18. The molecule has 0 fully saturated rings. The maximum Gasteiger partial charge on any atom is 0.336 e. The normalized spacial score (nSPS) is 11.1. The van der Waals surface area contributed by atoms with Crippen LogP contribution in [-0.4, -0.2) is 19.9 Å². The van der Waals surface area contributed by atoms with E-state index in [9.17, 15) is 14.4 Å². The van der Waals surface area contributed by atoms with Gasteiger partial charge in [0.25, 0.3) is 11.5 Å². The third-order valence-electron chi connectivity index (χ3n) is 4.84. The van der Waals surface area contributed by atoms with Crippen molar-refractivity contribution in [3.63, 3.8) is 0 Å². The van der Waals surface area contributed by atoms with Crippen LogP contribution >= 0.6 is 43.2 Å². The molecule has 3 heterocycles. The number of aromatic nitrogens is 3. The van der Waals surface area contributed by atoms with Gasteiger partial charge in [-0.3, -0.25) is 18.6 Å². The lowest BCUT2D eigenvalue weighted by molar-refractivity contribution is 0.0954. The zero-order valence-corrected chi connectivity index (χ0v) is 20.8. The lowest BCUT2D eigenvalue weighted by Crippen LogP contribution is -2.38. The van der Waals surface area contributed by atoms with Crippen LogP contribution in [0.5, 0.6) is 0 Å². The number of aryl methyl sites for hydroxylation is 1. The van der Waals surface area contributed by atoms with Gasteiger partial charge in [0.1, 0.15) is 15.5 Å². The Kier molecular flexibility index (Phi) is 6.31. The first-order valence-electron chi connectivity index (χ1n) is 9.42. The van der Waals surface area contributed by atoms with Gasteiger partial charge in [-0.15, -0.1) is 11.3 Å². The van der Waals surface area contributed by atoms with Crippen LogP contribution < -0.4 is 22.3 Å². The van der Waals surface area contributed by atoms with Gasteiger partial charge in [0.15, 0.2) is 0 Å². The average molecular weight is 579 g/mol. The highest BCUT2D eigenvalue weighted by Crippen LogP contribution is 2.24. The molecule has 4 aromatic rings. The number of fused-ring (bicyclic) bond motifs is 1. The van der Waals surface area contributed by atoms with E-state index in [0.717, 1.165) is 31.4 Å². The van der Waals surface area contributed by atoms with E-state index in [0.29, 0.717) is 21.1 Å². The second-order valence-electron chi connectivity index (χ2n) is 7.09. The molecule has 3 aromatic heterocycles. The zero-order valence-electron chi connectivity index (χ0n) is 16.8. The molecule has 0 unspecified atom stereocenters. The summed E-state index contributed by atoms with van der Waals surface area (Å²) in [6, 6.07) is 8.96. The Morgan fingerprint density at radius 1 is 1.16 bits per heavy atom. The number of carbonyl (C=O) groups is 1. The fraction of sp³-hybridized carbons (Fsp3) is 0.143. The summed E-state index contributed by atoms with van der Waals surface area (Å²) in [5, 5.41) is 2.80. The van der Waals surface area contributed by atoms with Crippen molar-refractivity contribution in [2.45, 2.75) is 20.0 Å². The molecule has 3 N–H and O–H groups in total. The van der Waals surface area contributed by atoms with Gasteiger partial charge in [-0.2, -0.15) is 0 Å². The number of hydrogen-bond acceptors (Lipinski definition) is 6. The quantitative estimate of drug-likeness (QED) is 0.377. The van der Waals surface area contributed by atoms with Crippen molar-refractivity contribution in [3.05, 3.63) is 94.1 Å². The van der Waals surface area contributed by atoms with Gasteiger partial charge in [-0.1, -0.05) is 12.1 Å². The van der Waals surface area contributed by atoms with Crippen molar-refractivity contribution in [1.82, 2.24) is 19.3 Å². The summed E-state index contributed by atoms with van der Waals surface area (Å²) < 4.78 is 4.23. The Morgan fingerprint density at radius 2 is 1.91 bits per heavy atom. The Labute approximate surface area is 203 Å². The number of benzene rings is 1. The van der Waals surface area contributed by atoms with Crippen molar-refractivity contribution < 1.29 is 4.79 Å². The Morgan fingerprint density at radius 3 is 2.59 bits per heavy atom. The Hall–Kier alpha value is -2.76. The van der Waals surface area contributed by atoms with Crippen LogP contribution in [0, 0.1) is 6.92 Å². The SMILES string of the molecule is Cc1c(=O)n(Cc2ccc(Br)c(Br)c2)c(=O)n2cc(C(=O)NCc3ccc(N)nc3)sc12. The third-order valence-corrected chi connectivity index (χ3v) is 7.93. The smallest absolute Gasteiger partial charge is 0.336 e. The van der Waals surface area contributed by atoms with Gasteiger partial charge >= 0.3 is 5.69 Å². The van der Waals surface area contributed by atoms with Crippen LogP contribution in [0.3, 0.4) is 0 Å². The summed E-state index contributed by atoms with van der Waals surface area (Å²) in [6.45, 7) is 2.04. The molecule has 11 heteroatoms. The fourth-order valence-electron chi connectivity index (χ4n) is 3.14. The van der Waals surface area contributed by atoms with Gasteiger partial charge in [0.05, 0.1) is 6.54 Å². The molecular weight excluding hydrogens is 562 g/mol. The summed E-state index contributed by atoms with van der Waals surface area (Å²) in [5.74, 6) is 0.0572. The summed E-state index contributed by atoms with van der Waals surface area (Å²) in [6.07, 6.45) is 3.06. The summed E-state index contributed by atoms with van der Waals surface area (Å²) in [5.41, 5.74) is 6.70. The number of nitrogens with zero attached hydrogens (tertiary/aromatic N) is 3. The molecule has 32 heavy (non-hydrogen) atoms. The van der Waals surface area contributed by atoms with Crippen molar-refractivity contribution in [3.8, 4) is 0 Å². The van der Waals surface area contributed by atoms with Crippen LogP contribution in [0.4, 0.5) is 5.82 Å². The molecule has 0 saturated heterocycles. The highest BCUT2D eigenvalue weighted by atomic mass is 79.9. The summed E-state index contributed by atoms with van der Waals surface area (Å²) in [4.78, 5) is 43.4. The fourth-order valence-corrected chi connectivity index (χ4v) is 4.81. The van der Waals surface area contributed by atoms with Crippen LogP contribution in [0.1, 0.15) is 26.4 Å². The van der Waals surface area contributed by atoms with E-state index < -0.39 is 5.69 Å². The van der Waals surface area contributed by atoms with Gasteiger partial charge in [0.2, 0.25) is 0 Å². The predicted octanol–water partition coefficient (Wildman–Crippen LogP) is 3.31. The lowest BCUT2D eigenvalue weighted by Gasteiger charge is -2.08. The van der Waals surface area contributed by atoms with E-state index in [1.807, 2.05) is 18.2 Å². The molecular formula is C21H17Br2N5O3S. The molecule has 164 valence electrons. The first-order valence-corrected chi connectivity index (χ1v) is 11.8. The lowest BCUT2D eigenvalue weighted by atomic mass is 10.2. The molecule has 0 aliphatic carbocycles. The van der Waals surface area contributed by atoms with E-state index in [1.165, 1.54) is 15.2 Å². The monoisotopic (exact) mass is 577 g/mol. The number of rotatable bonds is 5. The predicted molar refractivity (Wildman–Crippen MR) is 131 cm³/mol. The molecule has 0 bridgehead atoms. The first-order chi connectivity index (χ1) is 15.2. The van der Waals surface area contributed by atoms with Gasteiger partial charge in [-0.25, -0.2) is 9.78 Å². The molecule has 0 aliphatic rings. The number of anilines is 1. The molecule has 8 nitrogen and oxygen atoms in total. The highest BCUT2D eigenvalue weighted by molar-refractivity contribution is 9.13. The molecule has 1 amide bonds. The second kappa shape index (κ2) is 9.00. The minimum Gasteiger partial charge on any atom is -0.384 e. The van der Waals surface area contributed by atoms with Crippen molar-refractivity contribution >= 4 is 59.8 Å². The van der Waals surface area contributed by atoms with Crippen LogP contribution in [0.2, 0.25) is 0 Å². The molecule has 0 radical (unpaired) electrons. The zero-order chi connectivity index (χ0) is 23.0. The van der Waals surface area contributed by atoms with Crippen molar-refractivity contribution in [1.29, 1.82) is 0 Å². The molecule has 0 spiro atoms. The minimum atomic E-state index is -0.493. The number of nitrogen functional groups attached to an aromatic ring is 1. The maximum absolute atomic E-state index is 13.1. The standard InChI is InChI=1S/C21H17Br2N5O3S/c1-11-19(30)27(9-12-2-4-14(22)15(23)6-12)21(31)28-10-16(32-20(11)28)18(29)26-8-13-3-5-17(24)25-7-13/h2-7,10H,8-9H2,1H3,(H2,24,25)(H,26,29). The van der Waals surface area contributed by atoms with Gasteiger partial charge in [0, 0.05) is 33.4 Å². The number of carbonyl (C=O) groups excluding carboxylic acids is 1. The molecule has 4 rings (SSSR count). The van der Waals surface area contributed by atoms with E-state index in [2.05, 4.69) is 42.2 Å². The van der Waals surface area contributed by atoms with E-state index >= 15 is 0 Å². The minimum absolute atomic E-state index is 0.120. The Balaban J connectivity index is 1.65. The molecule has 0 saturated carbocycles. The maximum atomic E-state index is 13.1. The number of thiazole rings is 1. The van der Waals surface area contributed by atoms with Crippen molar-refractivity contribution in [2.75, 3.05) is 5.73 Å². The van der Waals surface area contributed by atoms with Crippen LogP contribution in [-0.2, 0) is 13.1 Å². The number of nitrogens with one attached hydrogen (secondary N) is 1. The number of pyridine rings is 1. The second-order valence-corrected chi connectivity index (χ2v) is 9.83.